The minimum atomic E-state index is -1.25. The lowest BCUT2D eigenvalue weighted by atomic mass is 10.3. The van der Waals surface area contributed by atoms with Gasteiger partial charge in [-0.1, -0.05) is 6.92 Å². The van der Waals surface area contributed by atoms with E-state index in [1.807, 2.05) is 0 Å². The third-order valence-corrected chi connectivity index (χ3v) is 4.92. The standard InChI is InChI=1S/C11H22N2O3S/c1-3-10(11(14)15)17(16)9-8-13-6-4-12(2)5-7-13/h10H,3-9H2,1-2H3,(H,14,15). The van der Waals surface area contributed by atoms with Gasteiger partial charge in [0, 0.05) is 49.3 Å². The Labute approximate surface area is 105 Å². The summed E-state index contributed by atoms with van der Waals surface area (Å²) in [5.74, 6) is -0.474. The van der Waals surface area contributed by atoms with Gasteiger partial charge < -0.3 is 10.0 Å². The van der Waals surface area contributed by atoms with E-state index < -0.39 is 22.0 Å². The quantitative estimate of drug-likeness (QED) is 0.721. The van der Waals surface area contributed by atoms with Gasteiger partial charge in [0.05, 0.1) is 0 Å². The van der Waals surface area contributed by atoms with Crippen molar-refractivity contribution in [3.8, 4) is 0 Å². The van der Waals surface area contributed by atoms with Crippen molar-refractivity contribution in [2.75, 3.05) is 45.5 Å². The van der Waals surface area contributed by atoms with Crippen LogP contribution in [0.4, 0.5) is 0 Å². The Morgan fingerprint density at radius 3 is 2.41 bits per heavy atom. The summed E-state index contributed by atoms with van der Waals surface area (Å²) in [7, 11) is 0.837. The van der Waals surface area contributed by atoms with Crippen LogP contribution in [0.5, 0.6) is 0 Å². The summed E-state index contributed by atoms with van der Waals surface area (Å²) >= 11 is 0. The van der Waals surface area contributed by atoms with Gasteiger partial charge in [0.25, 0.3) is 0 Å². The lowest BCUT2D eigenvalue weighted by Crippen LogP contribution is -2.46. The predicted molar refractivity (Wildman–Crippen MR) is 68.7 cm³/mol. The Morgan fingerprint density at radius 1 is 1.35 bits per heavy atom. The first-order valence-corrected chi connectivity index (χ1v) is 7.43. The molecule has 1 aliphatic heterocycles. The van der Waals surface area contributed by atoms with Crippen molar-refractivity contribution >= 4 is 16.8 Å². The summed E-state index contributed by atoms with van der Waals surface area (Å²) in [6.45, 7) is 6.54. The maximum absolute atomic E-state index is 11.8. The van der Waals surface area contributed by atoms with Crippen molar-refractivity contribution in [2.24, 2.45) is 0 Å². The van der Waals surface area contributed by atoms with Gasteiger partial charge in [-0.15, -0.1) is 0 Å². The van der Waals surface area contributed by atoms with Crippen LogP contribution in [0.2, 0.25) is 0 Å². The largest absolute Gasteiger partial charge is 0.480 e. The number of piperazine rings is 1. The van der Waals surface area contributed by atoms with Gasteiger partial charge in [-0.3, -0.25) is 13.9 Å². The van der Waals surface area contributed by atoms with E-state index in [1.54, 1.807) is 6.92 Å². The Kier molecular flexibility index (Phi) is 6.08. The zero-order valence-corrected chi connectivity index (χ0v) is 11.4. The molecule has 0 aliphatic carbocycles. The molecule has 2 unspecified atom stereocenters. The lowest BCUT2D eigenvalue weighted by molar-refractivity contribution is -0.136. The SMILES string of the molecule is CCC(C(=O)O)S(=O)CCN1CCN(C)CC1. The number of hydrogen-bond donors (Lipinski definition) is 1. The molecular weight excluding hydrogens is 240 g/mol. The zero-order valence-electron chi connectivity index (χ0n) is 10.6. The minimum Gasteiger partial charge on any atom is -0.480 e. The number of nitrogens with zero attached hydrogens (tertiary/aromatic N) is 2. The van der Waals surface area contributed by atoms with Gasteiger partial charge in [0.2, 0.25) is 0 Å². The van der Waals surface area contributed by atoms with Crippen LogP contribution in [0.15, 0.2) is 0 Å². The van der Waals surface area contributed by atoms with Crippen molar-refractivity contribution < 1.29 is 14.1 Å². The van der Waals surface area contributed by atoms with Crippen LogP contribution in [0, 0.1) is 0 Å². The highest BCUT2D eigenvalue weighted by Crippen LogP contribution is 2.05. The van der Waals surface area contributed by atoms with Crippen molar-refractivity contribution in [3.63, 3.8) is 0 Å². The first-order chi connectivity index (χ1) is 8.04. The van der Waals surface area contributed by atoms with Gasteiger partial charge in [-0.05, 0) is 13.5 Å². The lowest BCUT2D eigenvalue weighted by Gasteiger charge is -2.32. The molecule has 1 aliphatic rings. The second-order valence-corrected chi connectivity index (χ2v) is 6.20. The molecule has 0 aromatic heterocycles. The van der Waals surface area contributed by atoms with E-state index in [1.165, 1.54) is 0 Å². The predicted octanol–water partition coefficient (Wildman–Crippen LogP) is -0.154. The molecule has 0 aromatic rings. The summed E-state index contributed by atoms with van der Waals surface area (Å²) < 4.78 is 11.8. The second kappa shape index (κ2) is 7.08. The molecule has 100 valence electrons. The molecular formula is C11H22N2O3S. The third kappa shape index (κ3) is 4.73. The van der Waals surface area contributed by atoms with Gasteiger partial charge in [0.1, 0.15) is 5.25 Å². The van der Waals surface area contributed by atoms with E-state index in [9.17, 15) is 9.00 Å². The number of likely N-dealkylation sites (N-methyl/N-ethyl adjacent to an activating group) is 1. The summed E-state index contributed by atoms with van der Waals surface area (Å²) in [5.41, 5.74) is 0. The third-order valence-electron chi connectivity index (χ3n) is 3.17. The fourth-order valence-electron chi connectivity index (χ4n) is 1.91. The molecule has 1 N–H and O–H groups in total. The van der Waals surface area contributed by atoms with Gasteiger partial charge >= 0.3 is 5.97 Å². The molecule has 0 spiro atoms. The molecule has 5 nitrogen and oxygen atoms in total. The zero-order chi connectivity index (χ0) is 12.8. The van der Waals surface area contributed by atoms with Crippen LogP contribution >= 0.6 is 0 Å². The van der Waals surface area contributed by atoms with Crippen LogP contribution in [0.1, 0.15) is 13.3 Å². The molecule has 0 radical (unpaired) electrons. The van der Waals surface area contributed by atoms with E-state index in [-0.39, 0.29) is 0 Å². The smallest absolute Gasteiger partial charge is 0.319 e. The Hall–Kier alpha value is -0.460. The molecule has 1 heterocycles. The number of rotatable bonds is 6. The van der Waals surface area contributed by atoms with Gasteiger partial charge in [0.15, 0.2) is 0 Å². The van der Waals surface area contributed by atoms with E-state index in [2.05, 4.69) is 16.8 Å². The monoisotopic (exact) mass is 262 g/mol. The number of aliphatic carboxylic acids is 1. The molecule has 0 aromatic carbocycles. The fraction of sp³-hybridized carbons (Fsp3) is 0.909. The van der Waals surface area contributed by atoms with E-state index in [4.69, 9.17) is 5.11 Å². The van der Waals surface area contributed by atoms with Crippen molar-refractivity contribution in [1.29, 1.82) is 0 Å². The Bertz CT molecular complexity index is 278. The van der Waals surface area contributed by atoms with Crippen LogP contribution in [-0.2, 0) is 15.6 Å². The van der Waals surface area contributed by atoms with E-state index in [0.29, 0.717) is 12.2 Å². The van der Waals surface area contributed by atoms with Crippen LogP contribution in [0.3, 0.4) is 0 Å². The van der Waals surface area contributed by atoms with Crippen molar-refractivity contribution in [1.82, 2.24) is 9.80 Å². The normalized spacial score (nSPS) is 22.2. The summed E-state index contributed by atoms with van der Waals surface area (Å²) in [4.78, 5) is 15.4. The molecule has 6 heteroatoms. The molecule has 0 amide bonds. The average molecular weight is 262 g/mol. The maximum Gasteiger partial charge on any atom is 0.319 e. The summed E-state index contributed by atoms with van der Waals surface area (Å²) in [6.07, 6.45) is 0.435. The van der Waals surface area contributed by atoms with Crippen LogP contribution in [-0.4, -0.2) is 75.9 Å². The molecule has 0 bridgehead atoms. The summed E-state index contributed by atoms with van der Waals surface area (Å²) in [5, 5.41) is 8.20. The molecule has 17 heavy (non-hydrogen) atoms. The van der Waals surface area contributed by atoms with Gasteiger partial charge in [-0.25, -0.2) is 0 Å². The topological polar surface area (TPSA) is 60.9 Å². The second-order valence-electron chi connectivity index (χ2n) is 4.46. The Morgan fingerprint density at radius 2 is 1.94 bits per heavy atom. The van der Waals surface area contributed by atoms with E-state index in [0.717, 1.165) is 32.7 Å². The highest BCUT2D eigenvalue weighted by atomic mass is 32.2. The van der Waals surface area contributed by atoms with Crippen LogP contribution < -0.4 is 0 Å². The van der Waals surface area contributed by atoms with Crippen molar-refractivity contribution in [3.05, 3.63) is 0 Å². The number of hydrogen-bond acceptors (Lipinski definition) is 4. The van der Waals surface area contributed by atoms with Gasteiger partial charge in [-0.2, -0.15) is 0 Å². The highest BCUT2D eigenvalue weighted by molar-refractivity contribution is 7.86. The fourth-order valence-corrected chi connectivity index (χ4v) is 3.23. The highest BCUT2D eigenvalue weighted by Gasteiger charge is 2.23. The first-order valence-electron chi connectivity index (χ1n) is 6.05. The maximum atomic E-state index is 11.8. The van der Waals surface area contributed by atoms with E-state index >= 15 is 0 Å². The molecule has 0 saturated carbocycles. The number of carboxylic acids is 1. The Balaban J connectivity index is 2.30. The molecule has 1 fully saturated rings. The van der Waals surface area contributed by atoms with Crippen LogP contribution in [0.25, 0.3) is 0 Å². The minimum absolute atomic E-state index is 0.435. The number of carboxylic acid groups (broad SMARTS) is 1. The van der Waals surface area contributed by atoms with Crippen molar-refractivity contribution in [2.45, 2.75) is 18.6 Å². The number of carbonyl (C=O) groups is 1. The summed E-state index contributed by atoms with van der Waals surface area (Å²) in [6, 6.07) is 0. The molecule has 1 saturated heterocycles. The molecule has 1 rings (SSSR count). The first kappa shape index (κ1) is 14.6. The average Bonchev–Trinajstić information content (AvgIpc) is 2.28. The molecule has 2 atom stereocenters.